The average Bonchev–Trinajstić information content (AvgIpc) is 3.22. The Balaban J connectivity index is 1.75. The van der Waals surface area contributed by atoms with Crippen LogP contribution >= 0.6 is 11.3 Å². The number of aromatic nitrogens is 3. The highest BCUT2D eigenvalue weighted by Crippen LogP contribution is 2.23. The number of amides is 1. The summed E-state index contributed by atoms with van der Waals surface area (Å²) >= 11 is 1.37. The number of benzene rings is 1. The van der Waals surface area contributed by atoms with Crippen LogP contribution in [-0.2, 0) is 19.5 Å². The Hall–Kier alpha value is -2.67. The van der Waals surface area contributed by atoms with E-state index in [1.54, 1.807) is 10.2 Å². The van der Waals surface area contributed by atoms with E-state index in [0.29, 0.717) is 30.9 Å². The summed E-state index contributed by atoms with van der Waals surface area (Å²) in [7, 11) is 0. The average molecular weight is 368 g/mol. The molecule has 0 unspecified atom stereocenters. The SMILES string of the molecule is CCn1c2c(c(=O)n1-c1ccccc1)CCN(C(=O)c1scnc1C)C2. The minimum Gasteiger partial charge on any atom is -0.332 e. The highest BCUT2D eigenvalue weighted by Gasteiger charge is 2.30. The van der Waals surface area contributed by atoms with Crippen LogP contribution in [0.2, 0.25) is 0 Å². The van der Waals surface area contributed by atoms with Crippen LogP contribution < -0.4 is 5.56 Å². The van der Waals surface area contributed by atoms with Crippen molar-refractivity contribution in [1.29, 1.82) is 0 Å². The lowest BCUT2D eigenvalue weighted by molar-refractivity contribution is 0.0733. The minimum atomic E-state index is -0.00165. The molecule has 0 saturated heterocycles. The third-order valence-corrected chi connectivity index (χ3v) is 5.77. The lowest BCUT2D eigenvalue weighted by atomic mass is 10.1. The van der Waals surface area contributed by atoms with Crippen LogP contribution in [0.5, 0.6) is 0 Å². The summed E-state index contributed by atoms with van der Waals surface area (Å²) < 4.78 is 3.72. The second kappa shape index (κ2) is 6.57. The van der Waals surface area contributed by atoms with Crippen molar-refractivity contribution in [1.82, 2.24) is 19.2 Å². The van der Waals surface area contributed by atoms with E-state index < -0.39 is 0 Å². The second-order valence-electron chi connectivity index (χ2n) is 6.34. The largest absolute Gasteiger partial charge is 0.332 e. The first kappa shape index (κ1) is 16.8. The van der Waals surface area contributed by atoms with Crippen molar-refractivity contribution in [3.05, 3.63) is 68.0 Å². The van der Waals surface area contributed by atoms with Gasteiger partial charge in [-0.15, -0.1) is 11.3 Å². The summed E-state index contributed by atoms with van der Waals surface area (Å²) in [4.78, 5) is 32.5. The molecule has 3 heterocycles. The molecule has 0 aliphatic carbocycles. The quantitative estimate of drug-likeness (QED) is 0.714. The van der Waals surface area contributed by atoms with Crippen LogP contribution in [0.15, 0.2) is 40.6 Å². The van der Waals surface area contributed by atoms with E-state index >= 15 is 0 Å². The lowest BCUT2D eigenvalue weighted by Gasteiger charge is -2.27. The van der Waals surface area contributed by atoms with Crippen molar-refractivity contribution in [3.63, 3.8) is 0 Å². The first-order chi connectivity index (χ1) is 12.6. The molecular weight excluding hydrogens is 348 g/mol. The van der Waals surface area contributed by atoms with Crippen molar-refractivity contribution < 1.29 is 4.79 Å². The number of carbonyl (C=O) groups is 1. The molecule has 7 heteroatoms. The Bertz CT molecular complexity index is 1020. The molecular formula is C19H20N4O2S. The first-order valence-corrected chi connectivity index (χ1v) is 9.58. The summed E-state index contributed by atoms with van der Waals surface area (Å²) in [5.74, 6) is -0.00165. The van der Waals surface area contributed by atoms with Gasteiger partial charge in [-0.05, 0) is 32.4 Å². The first-order valence-electron chi connectivity index (χ1n) is 8.70. The van der Waals surface area contributed by atoms with Gasteiger partial charge in [0, 0.05) is 18.7 Å². The van der Waals surface area contributed by atoms with E-state index in [-0.39, 0.29) is 11.5 Å². The van der Waals surface area contributed by atoms with E-state index in [2.05, 4.69) is 4.98 Å². The fourth-order valence-corrected chi connectivity index (χ4v) is 4.32. The number of rotatable bonds is 3. The summed E-state index contributed by atoms with van der Waals surface area (Å²) in [5, 5.41) is 0. The number of aryl methyl sites for hydroxylation is 1. The Morgan fingerprint density at radius 2 is 2.04 bits per heavy atom. The van der Waals surface area contributed by atoms with Gasteiger partial charge < -0.3 is 4.90 Å². The standard InChI is InChI=1S/C19H20N4O2S/c1-3-22-16-11-21(19(25)17-13(2)20-12-26-17)10-9-15(16)18(24)23(22)14-7-5-4-6-8-14/h4-8,12H,3,9-11H2,1-2H3. The summed E-state index contributed by atoms with van der Waals surface area (Å²) in [6.45, 7) is 5.55. The molecule has 4 rings (SSSR count). The maximum absolute atomic E-state index is 13.0. The fourth-order valence-electron chi connectivity index (χ4n) is 3.55. The van der Waals surface area contributed by atoms with Gasteiger partial charge >= 0.3 is 0 Å². The zero-order valence-corrected chi connectivity index (χ0v) is 15.6. The van der Waals surface area contributed by atoms with Crippen molar-refractivity contribution in [2.75, 3.05) is 6.54 Å². The molecule has 6 nitrogen and oxygen atoms in total. The molecule has 1 aromatic carbocycles. The molecule has 0 fully saturated rings. The molecule has 0 bridgehead atoms. The molecule has 134 valence electrons. The molecule has 26 heavy (non-hydrogen) atoms. The molecule has 0 radical (unpaired) electrons. The zero-order chi connectivity index (χ0) is 18.3. The number of thiazole rings is 1. The van der Waals surface area contributed by atoms with Crippen molar-refractivity contribution in [2.45, 2.75) is 33.4 Å². The van der Waals surface area contributed by atoms with Crippen molar-refractivity contribution >= 4 is 17.2 Å². The van der Waals surface area contributed by atoms with Gasteiger partial charge in [0.15, 0.2) is 0 Å². The topological polar surface area (TPSA) is 60.1 Å². The summed E-state index contributed by atoms with van der Waals surface area (Å²) in [5.41, 5.74) is 5.09. The molecule has 1 aliphatic heterocycles. The molecule has 2 aromatic heterocycles. The number of hydrogen-bond acceptors (Lipinski definition) is 4. The fraction of sp³-hybridized carbons (Fsp3) is 0.316. The molecule has 3 aromatic rings. The number of carbonyl (C=O) groups excluding carboxylic acids is 1. The van der Waals surface area contributed by atoms with Gasteiger partial charge in [0.2, 0.25) is 0 Å². The smallest absolute Gasteiger partial charge is 0.274 e. The maximum atomic E-state index is 13.0. The van der Waals surface area contributed by atoms with Gasteiger partial charge in [-0.25, -0.2) is 9.67 Å². The van der Waals surface area contributed by atoms with Crippen LogP contribution in [0.4, 0.5) is 0 Å². The van der Waals surface area contributed by atoms with E-state index in [4.69, 9.17) is 0 Å². The maximum Gasteiger partial charge on any atom is 0.274 e. The Morgan fingerprint density at radius 3 is 2.69 bits per heavy atom. The number of fused-ring (bicyclic) bond motifs is 1. The molecule has 0 spiro atoms. The van der Waals surface area contributed by atoms with Crippen LogP contribution in [0.3, 0.4) is 0 Å². The number of hydrogen-bond donors (Lipinski definition) is 0. The number of para-hydroxylation sites is 1. The van der Waals surface area contributed by atoms with Crippen LogP contribution in [0.25, 0.3) is 5.69 Å². The lowest BCUT2D eigenvalue weighted by Crippen LogP contribution is -2.37. The molecule has 0 saturated carbocycles. The van der Waals surface area contributed by atoms with Gasteiger partial charge in [0.05, 0.1) is 29.1 Å². The second-order valence-corrected chi connectivity index (χ2v) is 7.19. The Morgan fingerprint density at radius 1 is 1.27 bits per heavy atom. The molecule has 1 aliphatic rings. The highest BCUT2D eigenvalue weighted by atomic mass is 32.1. The van der Waals surface area contributed by atoms with Crippen molar-refractivity contribution in [3.8, 4) is 5.69 Å². The Labute approximate surface area is 155 Å². The van der Waals surface area contributed by atoms with Gasteiger partial charge in [-0.1, -0.05) is 18.2 Å². The third kappa shape index (κ3) is 2.59. The Kier molecular flexibility index (Phi) is 4.24. The monoisotopic (exact) mass is 368 g/mol. The van der Waals surface area contributed by atoms with E-state index in [1.807, 2.05) is 53.8 Å². The summed E-state index contributed by atoms with van der Waals surface area (Å²) in [6.07, 6.45) is 0.581. The number of nitrogens with zero attached hydrogens (tertiary/aromatic N) is 4. The van der Waals surface area contributed by atoms with Crippen molar-refractivity contribution in [2.24, 2.45) is 0 Å². The highest BCUT2D eigenvalue weighted by molar-refractivity contribution is 7.11. The zero-order valence-electron chi connectivity index (χ0n) is 14.8. The third-order valence-electron chi connectivity index (χ3n) is 4.85. The van der Waals surface area contributed by atoms with Crippen LogP contribution in [-0.4, -0.2) is 31.7 Å². The van der Waals surface area contributed by atoms with Crippen LogP contribution in [0.1, 0.15) is 33.5 Å². The van der Waals surface area contributed by atoms with Crippen LogP contribution in [0, 0.1) is 6.92 Å². The normalized spacial score (nSPS) is 13.7. The molecule has 1 amide bonds. The van der Waals surface area contributed by atoms with Gasteiger partial charge in [0.1, 0.15) is 4.88 Å². The predicted molar refractivity (Wildman–Crippen MR) is 101 cm³/mol. The summed E-state index contributed by atoms with van der Waals surface area (Å²) in [6, 6.07) is 9.66. The van der Waals surface area contributed by atoms with E-state index in [0.717, 1.165) is 22.6 Å². The van der Waals surface area contributed by atoms with Gasteiger partial charge in [0.25, 0.3) is 11.5 Å². The minimum absolute atomic E-state index is 0.00165. The predicted octanol–water partition coefficient (Wildman–Crippen LogP) is 2.62. The molecule has 0 atom stereocenters. The van der Waals surface area contributed by atoms with Gasteiger partial charge in [-0.2, -0.15) is 0 Å². The van der Waals surface area contributed by atoms with E-state index in [1.165, 1.54) is 11.3 Å². The van der Waals surface area contributed by atoms with Gasteiger partial charge in [-0.3, -0.25) is 14.3 Å². The van der Waals surface area contributed by atoms with E-state index in [9.17, 15) is 9.59 Å². The molecule has 0 N–H and O–H groups in total.